The van der Waals surface area contributed by atoms with E-state index >= 15 is 0 Å². The number of carbonyl (C=O) groups is 1. The molecule has 4 rings (SSSR count). The van der Waals surface area contributed by atoms with Crippen molar-refractivity contribution in [2.75, 3.05) is 24.1 Å². The maximum atomic E-state index is 12.0. The van der Waals surface area contributed by atoms with Crippen molar-refractivity contribution in [3.63, 3.8) is 0 Å². The SMILES string of the molecule is C=CC(=O)N1CCCC(Nc2ncnc(N)c2C(=[NH2+])c2ccc(Oc3ccccc3)cc2)C1. The van der Waals surface area contributed by atoms with E-state index in [4.69, 9.17) is 15.9 Å². The zero-order chi connectivity index (χ0) is 23.2. The van der Waals surface area contributed by atoms with Gasteiger partial charge in [-0.25, -0.2) is 9.97 Å². The number of anilines is 2. The van der Waals surface area contributed by atoms with Crippen molar-refractivity contribution >= 4 is 23.3 Å². The minimum atomic E-state index is -0.0761. The molecule has 1 aliphatic rings. The second-order valence-electron chi connectivity index (χ2n) is 7.81. The van der Waals surface area contributed by atoms with Gasteiger partial charge in [0.05, 0.1) is 0 Å². The minimum Gasteiger partial charge on any atom is -0.457 e. The van der Waals surface area contributed by atoms with Crippen LogP contribution in [0.5, 0.6) is 11.5 Å². The van der Waals surface area contributed by atoms with Crippen LogP contribution in [0.3, 0.4) is 0 Å². The number of nitrogens with one attached hydrogen (secondary N) is 1. The second-order valence-corrected chi connectivity index (χ2v) is 7.81. The van der Waals surface area contributed by atoms with Gasteiger partial charge in [-0.3, -0.25) is 10.2 Å². The van der Waals surface area contributed by atoms with Gasteiger partial charge in [-0.05, 0) is 55.3 Å². The molecule has 0 saturated carbocycles. The summed E-state index contributed by atoms with van der Waals surface area (Å²) in [5.74, 6) is 2.20. The lowest BCUT2D eigenvalue weighted by atomic mass is 10.0. The Hall–Kier alpha value is -4.20. The van der Waals surface area contributed by atoms with Crippen LogP contribution in [0.25, 0.3) is 0 Å². The average molecular weight is 444 g/mol. The van der Waals surface area contributed by atoms with Crippen molar-refractivity contribution in [1.29, 1.82) is 0 Å². The summed E-state index contributed by atoms with van der Waals surface area (Å²) in [6.45, 7) is 4.85. The van der Waals surface area contributed by atoms with Crippen LogP contribution in [0.4, 0.5) is 11.6 Å². The Labute approximate surface area is 192 Å². The molecule has 2 aromatic carbocycles. The third kappa shape index (κ3) is 5.17. The van der Waals surface area contributed by atoms with Crippen molar-refractivity contribution in [3.8, 4) is 11.5 Å². The lowest BCUT2D eigenvalue weighted by molar-refractivity contribution is -0.127. The van der Waals surface area contributed by atoms with Crippen LogP contribution < -0.4 is 21.2 Å². The molecule has 8 heteroatoms. The Bertz CT molecular complexity index is 1150. The highest BCUT2D eigenvalue weighted by Gasteiger charge is 2.26. The first-order valence-corrected chi connectivity index (χ1v) is 10.8. The molecule has 5 N–H and O–H groups in total. The monoisotopic (exact) mass is 443 g/mol. The number of ether oxygens (including phenoxy) is 1. The number of aromatic nitrogens is 2. The topological polar surface area (TPSA) is 119 Å². The van der Waals surface area contributed by atoms with E-state index in [1.165, 1.54) is 12.4 Å². The molecule has 168 valence electrons. The fraction of sp³-hybridized carbons (Fsp3) is 0.200. The highest BCUT2D eigenvalue weighted by atomic mass is 16.5. The Morgan fingerprint density at radius 3 is 2.61 bits per heavy atom. The predicted molar refractivity (Wildman–Crippen MR) is 128 cm³/mol. The molecule has 0 bridgehead atoms. The molecule has 1 fully saturated rings. The molecule has 1 saturated heterocycles. The standard InChI is InChI=1S/C25H26N6O2/c1-2-21(32)31-14-6-7-18(15-31)30-25-22(24(27)28-16-29-25)23(26)17-10-12-20(13-11-17)33-19-8-4-3-5-9-19/h2-5,8-13,16,18,26H,1,6-7,14-15H2,(H3,27,28,29,30)/p+1. The molecule has 0 radical (unpaired) electrons. The van der Waals surface area contributed by atoms with Crippen LogP contribution in [-0.4, -0.2) is 45.6 Å². The third-order valence-corrected chi connectivity index (χ3v) is 5.54. The van der Waals surface area contributed by atoms with Gasteiger partial charge in [0, 0.05) is 24.7 Å². The molecular weight excluding hydrogens is 416 g/mol. The Balaban J connectivity index is 1.52. The Kier molecular flexibility index (Phi) is 6.64. The highest BCUT2D eigenvalue weighted by molar-refractivity contribution is 6.14. The van der Waals surface area contributed by atoms with E-state index in [2.05, 4.69) is 21.9 Å². The van der Waals surface area contributed by atoms with Crippen molar-refractivity contribution < 1.29 is 14.9 Å². The van der Waals surface area contributed by atoms with E-state index in [0.717, 1.165) is 24.2 Å². The molecule has 2 heterocycles. The lowest BCUT2D eigenvalue weighted by Gasteiger charge is -2.33. The molecule has 3 aromatic rings. The molecule has 8 nitrogen and oxygen atoms in total. The van der Waals surface area contributed by atoms with Gasteiger partial charge >= 0.3 is 0 Å². The molecule has 1 unspecified atom stereocenters. The van der Waals surface area contributed by atoms with Crippen molar-refractivity contribution in [3.05, 3.63) is 84.7 Å². The molecular formula is C25H27N6O2+. The number of hydrogen-bond donors (Lipinski definition) is 3. The second kappa shape index (κ2) is 9.95. The van der Waals surface area contributed by atoms with Crippen molar-refractivity contribution in [2.24, 2.45) is 0 Å². The van der Waals surface area contributed by atoms with Crippen LogP contribution in [0.2, 0.25) is 0 Å². The number of likely N-dealkylation sites (tertiary alicyclic amines) is 1. The Morgan fingerprint density at radius 1 is 1.15 bits per heavy atom. The summed E-state index contributed by atoms with van der Waals surface area (Å²) in [5.41, 5.74) is 7.97. The first-order chi connectivity index (χ1) is 16.0. The lowest BCUT2D eigenvalue weighted by Crippen LogP contribution is -2.46. The van der Waals surface area contributed by atoms with Crippen LogP contribution >= 0.6 is 0 Å². The molecule has 1 aliphatic heterocycles. The van der Waals surface area contributed by atoms with Gasteiger partial charge in [0.1, 0.15) is 35.0 Å². The fourth-order valence-corrected chi connectivity index (χ4v) is 3.86. The molecule has 1 aromatic heterocycles. The summed E-state index contributed by atoms with van der Waals surface area (Å²) in [6, 6.07) is 17.0. The van der Waals surface area contributed by atoms with Gasteiger partial charge in [0.15, 0.2) is 0 Å². The van der Waals surface area contributed by atoms with Gasteiger partial charge < -0.3 is 20.7 Å². The van der Waals surface area contributed by atoms with Gasteiger partial charge in [0.2, 0.25) is 11.6 Å². The minimum absolute atomic E-state index is 0.0187. The molecule has 1 amide bonds. The number of para-hydroxylation sites is 1. The fourth-order valence-electron chi connectivity index (χ4n) is 3.86. The molecule has 33 heavy (non-hydrogen) atoms. The molecule has 1 atom stereocenters. The van der Waals surface area contributed by atoms with Crippen LogP contribution in [0, 0.1) is 0 Å². The summed E-state index contributed by atoms with van der Waals surface area (Å²) in [7, 11) is 0. The van der Waals surface area contributed by atoms with E-state index in [1.807, 2.05) is 54.6 Å². The number of nitrogens with two attached hydrogens (primary N) is 2. The Morgan fingerprint density at radius 2 is 1.88 bits per heavy atom. The maximum absolute atomic E-state index is 12.0. The first kappa shape index (κ1) is 22.0. The number of benzene rings is 2. The number of nitrogens with zero attached hydrogens (tertiary/aromatic N) is 3. The van der Waals surface area contributed by atoms with E-state index in [1.54, 1.807) is 4.90 Å². The number of carbonyl (C=O) groups excluding carboxylic acids is 1. The summed E-state index contributed by atoms with van der Waals surface area (Å²) < 4.78 is 5.85. The van der Waals surface area contributed by atoms with Gasteiger partial charge in [-0.1, -0.05) is 24.8 Å². The van der Waals surface area contributed by atoms with Crippen molar-refractivity contribution in [1.82, 2.24) is 14.9 Å². The van der Waals surface area contributed by atoms with Gasteiger partial charge in [-0.2, -0.15) is 0 Å². The largest absolute Gasteiger partial charge is 0.457 e. The number of hydrogen-bond acceptors (Lipinski definition) is 6. The number of rotatable bonds is 7. The van der Waals surface area contributed by atoms with E-state index < -0.39 is 0 Å². The smallest absolute Gasteiger partial charge is 0.246 e. The van der Waals surface area contributed by atoms with Crippen LogP contribution in [0.1, 0.15) is 24.0 Å². The molecule has 0 aliphatic carbocycles. The van der Waals surface area contributed by atoms with Crippen molar-refractivity contribution in [2.45, 2.75) is 18.9 Å². The van der Waals surface area contributed by atoms with E-state index in [0.29, 0.717) is 35.9 Å². The van der Waals surface area contributed by atoms with Gasteiger partial charge in [0.25, 0.3) is 0 Å². The summed E-state index contributed by atoms with van der Waals surface area (Å²) in [4.78, 5) is 22.3. The number of nitrogen functional groups attached to an aromatic ring is 1. The average Bonchev–Trinajstić information content (AvgIpc) is 2.84. The predicted octanol–water partition coefficient (Wildman–Crippen LogP) is 2.04. The van der Waals surface area contributed by atoms with E-state index in [-0.39, 0.29) is 17.8 Å². The zero-order valence-corrected chi connectivity index (χ0v) is 18.3. The summed E-state index contributed by atoms with van der Waals surface area (Å²) in [6.07, 6.45) is 4.53. The normalized spacial score (nSPS) is 15.5. The first-order valence-electron chi connectivity index (χ1n) is 10.8. The third-order valence-electron chi connectivity index (χ3n) is 5.54. The van der Waals surface area contributed by atoms with Crippen LogP contribution in [0.15, 0.2) is 73.6 Å². The van der Waals surface area contributed by atoms with E-state index in [9.17, 15) is 4.79 Å². The highest BCUT2D eigenvalue weighted by Crippen LogP contribution is 2.25. The van der Waals surface area contributed by atoms with Gasteiger partial charge in [-0.15, -0.1) is 0 Å². The zero-order valence-electron chi connectivity index (χ0n) is 18.3. The number of amides is 1. The number of piperidine rings is 1. The molecule has 0 spiro atoms. The van der Waals surface area contributed by atoms with Crippen LogP contribution in [-0.2, 0) is 4.79 Å². The maximum Gasteiger partial charge on any atom is 0.246 e. The summed E-state index contributed by atoms with van der Waals surface area (Å²) in [5, 5.41) is 9.93. The quantitative estimate of drug-likeness (QED) is 0.380. The summed E-state index contributed by atoms with van der Waals surface area (Å²) >= 11 is 0.